The van der Waals surface area contributed by atoms with Gasteiger partial charge >= 0.3 is 5.97 Å². The Labute approximate surface area is 176 Å². The van der Waals surface area contributed by atoms with E-state index in [-0.39, 0.29) is 5.75 Å². The zero-order valence-corrected chi connectivity index (χ0v) is 17.0. The Bertz CT molecular complexity index is 875. The molecule has 1 heterocycles. The van der Waals surface area contributed by atoms with Crippen molar-refractivity contribution in [3.8, 4) is 5.75 Å². The first-order chi connectivity index (χ1) is 14.6. The summed E-state index contributed by atoms with van der Waals surface area (Å²) in [6.07, 6.45) is 3.34. The van der Waals surface area contributed by atoms with Crippen molar-refractivity contribution in [2.24, 2.45) is 0 Å². The van der Waals surface area contributed by atoms with Gasteiger partial charge in [0.2, 0.25) is 0 Å². The number of rotatable bonds is 8. The van der Waals surface area contributed by atoms with Crippen LogP contribution in [-0.2, 0) is 14.3 Å². The number of carbonyl (C=O) groups excluding carboxylic acids is 3. The zero-order valence-electron chi connectivity index (χ0n) is 17.0. The summed E-state index contributed by atoms with van der Waals surface area (Å²) in [5, 5.41) is 2.75. The standard InChI is InChI=1S/C23H26N2O5/c1-17(30-22(27)16-29-21-8-4-3-7-18(21)15-26)23(28)24-19-9-11-20(12-10-19)25-13-5-2-6-14-25/h3-4,7-12,15,17H,2,5-6,13-14,16H2,1H3,(H,24,28)/t17-/m1/s1. The topological polar surface area (TPSA) is 84.9 Å². The fourth-order valence-electron chi connectivity index (χ4n) is 3.28. The smallest absolute Gasteiger partial charge is 0.344 e. The van der Waals surface area contributed by atoms with Crippen LogP contribution in [0.2, 0.25) is 0 Å². The van der Waals surface area contributed by atoms with E-state index in [0.717, 1.165) is 18.8 Å². The van der Waals surface area contributed by atoms with Gasteiger partial charge in [0.15, 0.2) is 19.0 Å². The minimum Gasteiger partial charge on any atom is -0.481 e. The summed E-state index contributed by atoms with van der Waals surface area (Å²) in [7, 11) is 0. The van der Waals surface area contributed by atoms with E-state index in [1.807, 2.05) is 24.3 Å². The summed E-state index contributed by atoms with van der Waals surface area (Å²) in [5.41, 5.74) is 2.11. The molecule has 2 aromatic carbocycles. The van der Waals surface area contributed by atoms with E-state index >= 15 is 0 Å². The van der Waals surface area contributed by atoms with E-state index < -0.39 is 24.6 Å². The predicted molar refractivity (Wildman–Crippen MR) is 114 cm³/mol. The molecule has 30 heavy (non-hydrogen) atoms. The van der Waals surface area contributed by atoms with Crippen molar-refractivity contribution in [3.63, 3.8) is 0 Å². The number of anilines is 2. The maximum Gasteiger partial charge on any atom is 0.344 e. The zero-order chi connectivity index (χ0) is 21.3. The number of nitrogens with one attached hydrogen (secondary N) is 1. The van der Waals surface area contributed by atoms with Gasteiger partial charge < -0.3 is 19.7 Å². The summed E-state index contributed by atoms with van der Waals surface area (Å²) >= 11 is 0. The van der Waals surface area contributed by atoms with Crippen LogP contribution in [0, 0.1) is 0 Å². The molecular weight excluding hydrogens is 384 g/mol. The number of benzene rings is 2. The fourth-order valence-corrected chi connectivity index (χ4v) is 3.28. The molecule has 0 unspecified atom stereocenters. The van der Waals surface area contributed by atoms with E-state index in [1.165, 1.54) is 26.2 Å². The molecular formula is C23H26N2O5. The van der Waals surface area contributed by atoms with Crippen LogP contribution < -0.4 is 15.0 Å². The number of aldehydes is 1. The van der Waals surface area contributed by atoms with Crippen molar-refractivity contribution >= 4 is 29.5 Å². The number of esters is 1. The molecule has 1 aliphatic heterocycles. The summed E-state index contributed by atoms with van der Waals surface area (Å²) in [6, 6.07) is 14.2. The molecule has 1 aliphatic rings. The average Bonchev–Trinajstić information content (AvgIpc) is 2.79. The monoisotopic (exact) mass is 410 g/mol. The minimum absolute atomic E-state index is 0.287. The molecule has 1 saturated heterocycles. The molecule has 0 radical (unpaired) electrons. The Morgan fingerprint density at radius 3 is 2.47 bits per heavy atom. The molecule has 0 aromatic heterocycles. The Hall–Kier alpha value is -3.35. The van der Waals surface area contributed by atoms with Gasteiger partial charge in [0, 0.05) is 24.5 Å². The second-order valence-electron chi connectivity index (χ2n) is 7.16. The molecule has 0 saturated carbocycles. The SMILES string of the molecule is C[C@@H](OC(=O)COc1ccccc1C=O)C(=O)Nc1ccc(N2CCCCC2)cc1. The second kappa shape index (κ2) is 10.4. The highest BCUT2D eigenvalue weighted by Gasteiger charge is 2.19. The molecule has 3 rings (SSSR count). The van der Waals surface area contributed by atoms with Crippen LogP contribution in [0.15, 0.2) is 48.5 Å². The van der Waals surface area contributed by atoms with Crippen molar-refractivity contribution in [2.75, 3.05) is 29.9 Å². The normalized spacial score (nSPS) is 14.5. The number of amides is 1. The Balaban J connectivity index is 1.46. The van der Waals surface area contributed by atoms with Crippen LogP contribution in [0.25, 0.3) is 0 Å². The number of nitrogens with zero attached hydrogens (tertiary/aromatic N) is 1. The largest absolute Gasteiger partial charge is 0.481 e. The van der Waals surface area contributed by atoms with Crippen LogP contribution in [0.5, 0.6) is 5.75 Å². The van der Waals surface area contributed by atoms with Gasteiger partial charge in [-0.05, 0) is 62.6 Å². The molecule has 7 heteroatoms. The molecule has 0 aliphatic carbocycles. The third-order valence-electron chi connectivity index (χ3n) is 4.93. The van der Waals surface area contributed by atoms with E-state index in [0.29, 0.717) is 17.5 Å². The van der Waals surface area contributed by atoms with Crippen LogP contribution >= 0.6 is 0 Å². The molecule has 1 fully saturated rings. The van der Waals surface area contributed by atoms with E-state index in [9.17, 15) is 14.4 Å². The van der Waals surface area contributed by atoms with Gasteiger partial charge in [-0.25, -0.2) is 4.79 Å². The maximum atomic E-state index is 12.3. The summed E-state index contributed by atoms with van der Waals surface area (Å²) < 4.78 is 10.4. The first-order valence-electron chi connectivity index (χ1n) is 10.1. The molecule has 1 atom stereocenters. The molecule has 1 amide bonds. The summed E-state index contributed by atoms with van der Waals surface area (Å²) in [5.74, 6) is -0.837. The van der Waals surface area contributed by atoms with E-state index in [2.05, 4.69) is 10.2 Å². The lowest BCUT2D eigenvalue weighted by molar-refractivity contribution is -0.155. The highest BCUT2D eigenvalue weighted by atomic mass is 16.6. The van der Waals surface area contributed by atoms with E-state index in [4.69, 9.17) is 9.47 Å². The van der Waals surface area contributed by atoms with E-state index in [1.54, 1.807) is 24.3 Å². The summed E-state index contributed by atoms with van der Waals surface area (Å²) in [4.78, 5) is 37.6. The lowest BCUT2D eigenvalue weighted by Gasteiger charge is -2.28. The highest BCUT2D eigenvalue weighted by Crippen LogP contribution is 2.22. The Kier molecular flexibility index (Phi) is 7.43. The second-order valence-corrected chi connectivity index (χ2v) is 7.16. The molecule has 7 nitrogen and oxygen atoms in total. The van der Waals surface area contributed by atoms with Gasteiger partial charge in [-0.1, -0.05) is 12.1 Å². The average molecular weight is 410 g/mol. The number of carbonyl (C=O) groups is 3. The van der Waals surface area contributed by atoms with Crippen molar-refractivity contribution in [1.29, 1.82) is 0 Å². The Morgan fingerprint density at radius 1 is 1.07 bits per heavy atom. The predicted octanol–water partition coefficient (Wildman–Crippen LogP) is 3.44. The third-order valence-corrected chi connectivity index (χ3v) is 4.93. The quantitative estimate of drug-likeness (QED) is 0.530. The number of para-hydroxylation sites is 1. The number of hydrogen-bond acceptors (Lipinski definition) is 6. The first kappa shape index (κ1) is 21.4. The van der Waals surface area contributed by atoms with Crippen molar-refractivity contribution < 1.29 is 23.9 Å². The summed E-state index contributed by atoms with van der Waals surface area (Å²) in [6.45, 7) is 3.21. The molecule has 0 bridgehead atoms. The van der Waals surface area contributed by atoms with Crippen molar-refractivity contribution in [3.05, 3.63) is 54.1 Å². The van der Waals surface area contributed by atoms with Crippen LogP contribution in [0.1, 0.15) is 36.5 Å². The molecule has 1 N–H and O–H groups in total. The van der Waals surface area contributed by atoms with Crippen molar-refractivity contribution in [2.45, 2.75) is 32.3 Å². The third kappa shape index (κ3) is 5.83. The maximum absolute atomic E-state index is 12.3. The first-order valence-corrected chi connectivity index (χ1v) is 10.1. The van der Waals surface area contributed by atoms with Crippen LogP contribution in [-0.4, -0.2) is 44.0 Å². The molecule has 158 valence electrons. The number of ether oxygens (including phenoxy) is 2. The number of hydrogen-bond donors (Lipinski definition) is 1. The van der Waals surface area contributed by atoms with Crippen LogP contribution in [0.4, 0.5) is 11.4 Å². The molecule has 2 aromatic rings. The Morgan fingerprint density at radius 2 is 1.77 bits per heavy atom. The highest BCUT2D eigenvalue weighted by molar-refractivity contribution is 5.95. The molecule has 0 spiro atoms. The van der Waals surface area contributed by atoms with Gasteiger partial charge in [0.25, 0.3) is 5.91 Å². The lowest BCUT2D eigenvalue weighted by atomic mass is 10.1. The van der Waals surface area contributed by atoms with Gasteiger partial charge in [-0.3, -0.25) is 9.59 Å². The fraction of sp³-hybridized carbons (Fsp3) is 0.348. The van der Waals surface area contributed by atoms with Gasteiger partial charge in [0.1, 0.15) is 5.75 Å². The van der Waals surface area contributed by atoms with Gasteiger partial charge in [0.05, 0.1) is 5.56 Å². The van der Waals surface area contributed by atoms with Crippen LogP contribution in [0.3, 0.4) is 0 Å². The number of piperidine rings is 1. The van der Waals surface area contributed by atoms with Gasteiger partial charge in [-0.15, -0.1) is 0 Å². The lowest BCUT2D eigenvalue weighted by Crippen LogP contribution is -2.32. The van der Waals surface area contributed by atoms with Crippen molar-refractivity contribution in [1.82, 2.24) is 0 Å². The van der Waals surface area contributed by atoms with Gasteiger partial charge in [-0.2, -0.15) is 0 Å². The minimum atomic E-state index is -0.982.